The van der Waals surface area contributed by atoms with Gasteiger partial charge in [-0.2, -0.15) is 0 Å². The van der Waals surface area contributed by atoms with Gasteiger partial charge in [0.1, 0.15) is 0 Å². The second kappa shape index (κ2) is 8.71. The van der Waals surface area contributed by atoms with Crippen molar-refractivity contribution in [3.63, 3.8) is 0 Å². The first-order valence-electron chi connectivity index (χ1n) is 8.75. The highest BCUT2D eigenvalue weighted by Gasteiger charge is 2.15. The minimum Gasteiger partial charge on any atom is -0.493 e. The van der Waals surface area contributed by atoms with Crippen molar-refractivity contribution in [2.75, 3.05) is 20.8 Å². The number of methoxy groups -OCH3 is 2. The van der Waals surface area contributed by atoms with Gasteiger partial charge in [-0.3, -0.25) is 9.59 Å². The number of rotatable bonds is 7. The molecule has 2 aromatic rings. The number of ketones is 1. The van der Waals surface area contributed by atoms with E-state index in [0.717, 1.165) is 11.1 Å². The summed E-state index contributed by atoms with van der Waals surface area (Å²) in [4.78, 5) is 24.3. The summed E-state index contributed by atoms with van der Waals surface area (Å²) in [5.41, 5.74) is 2.42. The van der Waals surface area contributed by atoms with Gasteiger partial charge in [-0.15, -0.1) is 0 Å². The maximum absolute atomic E-state index is 12.2. The monoisotopic (exact) mass is 370 g/mol. The van der Waals surface area contributed by atoms with Gasteiger partial charge in [0, 0.05) is 5.56 Å². The molecule has 144 valence electrons. The Morgan fingerprint density at radius 2 is 1.52 bits per heavy atom. The van der Waals surface area contributed by atoms with E-state index in [4.69, 9.17) is 14.2 Å². The zero-order valence-electron chi connectivity index (χ0n) is 16.5. The molecule has 5 nitrogen and oxygen atoms in total. The minimum atomic E-state index is -0.470. The average Bonchev–Trinajstić information content (AvgIpc) is 2.65. The summed E-state index contributed by atoms with van der Waals surface area (Å²) in [7, 11) is 3.08. The van der Waals surface area contributed by atoms with Crippen molar-refractivity contribution in [3.05, 3.63) is 59.2 Å². The number of carbonyl (C=O) groups is 2. The molecule has 0 N–H and O–H groups in total. The molecule has 0 amide bonds. The Bertz CT molecular complexity index is 800. The maximum atomic E-state index is 12.2. The second-order valence-electron chi connectivity index (χ2n) is 7.28. The number of Topliss-reactive ketones (excluding diaryl/α,β-unsaturated/α-hetero) is 1. The molecule has 0 aliphatic rings. The fourth-order valence-corrected chi connectivity index (χ4v) is 2.59. The molecule has 0 saturated heterocycles. The largest absolute Gasteiger partial charge is 0.493 e. The smallest absolute Gasteiger partial charge is 0.310 e. The third-order valence-corrected chi connectivity index (χ3v) is 4.23. The van der Waals surface area contributed by atoms with Crippen molar-refractivity contribution in [2.24, 2.45) is 0 Å². The van der Waals surface area contributed by atoms with Crippen molar-refractivity contribution < 1.29 is 23.8 Å². The van der Waals surface area contributed by atoms with Gasteiger partial charge in [-0.05, 0) is 28.7 Å². The lowest BCUT2D eigenvalue weighted by Gasteiger charge is -2.18. The van der Waals surface area contributed by atoms with Crippen LogP contribution in [0.15, 0.2) is 42.5 Å². The summed E-state index contributed by atoms with van der Waals surface area (Å²) in [5.74, 6) is 0.430. The topological polar surface area (TPSA) is 61.8 Å². The third-order valence-electron chi connectivity index (χ3n) is 4.23. The molecule has 0 radical (unpaired) electrons. The lowest BCUT2D eigenvalue weighted by Crippen LogP contribution is -2.16. The summed E-state index contributed by atoms with van der Waals surface area (Å²) in [6.07, 6.45) is 0.0522. The van der Waals surface area contributed by atoms with Crippen molar-refractivity contribution in [1.82, 2.24) is 0 Å². The van der Waals surface area contributed by atoms with Crippen LogP contribution >= 0.6 is 0 Å². The first-order valence-corrected chi connectivity index (χ1v) is 8.75. The molecule has 0 unspecified atom stereocenters. The second-order valence-corrected chi connectivity index (χ2v) is 7.28. The molecule has 0 aromatic heterocycles. The molecule has 27 heavy (non-hydrogen) atoms. The van der Waals surface area contributed by atoms with Gasteiger partial charge in [-0.1, -0.05) is 51.1 Å². The Kier molecular flexibility index (Phi) is 6.61. The van der Waals surface area contributed by atoms with Gasteiger partial charge in [0.15, 0.2) is 23.9 Å². The van der Waals surface area contributed by atoms with E-state index in [-0.39, 0.29) is 24.2 Å². The molecule has 0 aliphatic heterocycles. The van der Waals surface area contributed by atoms with Crippen LogP contribution in [0.4, 0.5) is 0 Å². The van der Waals surface area contributed by atoms with Gasteiger partial charge in [-0.25, -0.2) is 0 Å². The summed E-state index contributed by atoms with van der Waals surface area (Å²) in [5, 5.41) is 0. The Labute approximate surface area is 160 Å². The van der Waals surface area contributed by atoms with Crippen LogP contribution < -0.4 is 9.47 Å². The number of benzene rings is 2. The molecule has 0 atom stereocenters. The van der Waals surface area contributed by atoms with Gasteiger partial charge in [0.05, 0.1) is 20.6 Å². The number of ether oxygens (including phenoxy) is 3. The van der Waals surface area contributed by atoms with Gasteiger partial charge >= 0.3 is 5.97 Å². The fourth-order valence-electron chi connectivity index (χ4n) is 2.59. The Morgan fingerprint density at radius 1 is 0.889 bits per heavy atom. The van der Waals surface area contributed by atoms with E-state index in [0.29, 0.717) is 17.1 Å². The Balaban J connectivity index is 1.92. The van der Waals surface area contributed by atoms with Gasteiger partial charge < -0.3 is 14.2 Å². The Hall–Kier alpha value is -2.82. The van der Waals surface area contributed by atoms with E-state index in [2.05, 4.69) is 20.8 Å². The highest BCUT2D eigenvalue weighted by molar-refractivity contribution is 5.98. The molecule has 0 bridgehead atoms. The van der Waals surface area contributed by atoms with Crippen LogP contribution in [0.25, 0.3) is 0 Å². The molecule has 0 saturated carbocycles. The van der Waals surface area contributed by atoms with Crippen LogP contribution in [-0.4, -0.2) is 32.6 Å². The zero-order valence-corrected chi connectivity index (χ0v) is 16.5. The van der Waals surface area contributed by atoms with Crippen LogP contribution in [0, 0.1) is 0 Å². The number of hydrogen-bond donors (Lipinski definition) is 0. The zero-order chi connectivity index (χ0) is 20.0. The predicted octanol–water partition coefficient (Wildman–Crippen LogP) is 3.97. The van der Waals surface area contributed by atoms with E-state index in [1.165, 1.54) is 7.11 Å². The van der Waals surface area contributed by atoms with Crippen LogP contribution in [0.3, 0.4) is 0 Å². The van der Waals surface area contributed by atoms with E-state index in [1.807, 2.05) is 12.1 Å². The van der Waals surface area contributed by atoms with Crippen molar-refractivity contribution in [3.8, 4) is 11.5 Å². The van der Waals surface area contributed by atoms with Gasteiger partial charge in [0.25, 0.3) is 0 Å². The summed E-state index contributed by atoms with van der Waals surface area (Å²) in [6, 6.07) is 12.6. The number of carbonyl (C=O) groups excluding carboxylic acids is 2. The Morgan fingerprint density at radius 3 is 2.07 bits per heavy atom. The third kappa shape index (κ3) is 5.58. The highest BCUT2D eigenvalue weighted by atomic mass is 16.5. The lowest BCUT2D eigenvalue weighted by molar-refractivity contribution is -0.141. The summed E-state index contributed by atoms with van der Waals surface area (Å²) in [6.45, 7) is 6.06. The van der Waals surface area contributed by atoms with Crippen molar-refractivity contribution in [1.29, 1.82) is 0 Å². The fraction of sp³-hybridized carbons (Fsp3) is 0.364. The SMILES string of the molecule is COc1ccc(CC(=O)OCC(=O)c2ccc(C(C)(C)C)cc2)cc1OC. The quantitative estimate of drug-likeness (QED) is 0.545. The normalized spacial score (nSPS) is 11.0. The van der Waals surface area contributed by atoms with Crippen LogP contribution in [-0.2, 0) is 21.4 Å². The van der Waals surface area contributed by atoms with Crippen LogP contribution in [0.5, 0.6) is 11.5 Å². The molecule has 2 aromatic carbocycles. The molecule has 5 heteroatoms. The van der Waals surface area contributed by atoms with Crippen molar-refractivity contribution >= 4 is 11.8 Å². The molecule has 0 aliphatic carbocycles. The molecule has 0 spiro atoms. The van der Waals surface area contributed by atoms with Gasteiger partial charge in [0.2, 0.25) is 0 Å². The number of hydrogen-bond acceptors (Lipinski definition) is 5. The minimum absolute atomic E-state index is 0.0213. The molecular weight excluding hydrogens is 344 g/mol. The maximum Gasteiger partial charge on any atom is 0.310 e. The standard InChI is InChI=1S/C22H26O5/c1-22(2,3)17-9-7-16(8-10-17)18(23)14-27-21(24)13-15-6-11-19(25-4)20(12-15)26-5/h6-12H,13-14H2,1-5H3. The van der Waals surface area contributed by atoms with E-state index >= 15 is 0 Å². The first-order chi connectivity index (χ1) is 12.7. The molecule has 0 fully saturated rings. The van der Waals surface area contributed by atoms with E-state index in [1.54, 1.807) is 37.4 Å². The van der Waals surface area contributed by atoms with E-state index < -0.39 is 5.97 Å². The van der Waals surface area contributed by atoms with Crippen LogP contribution in [0.1, 0.15) is 42.3 Å². The highest BCUT2D eigenvalue weighted by Crippen LogP contribution is 2.27. The first kappa shape index (κ1) is 20.5. The summed E-state index contributed by atoms with van der Waals surface area (Å²) < 4.78 is 15.5. The van der Waals surface area contributed by atoms with E-state index in [9.17, 15) is 9.59 Å². The average molecular weight is 370 g/mol. The molecular formula is C22H26O5. The number of esters is 1. The van der Waals surface area contributed by atoms with Crippen molar-refractivity contribution in [2.45, 2.75) is 32.6 Å². The predicted molar refractivity (Wildman–Crippen MR) is 104 cm³/mol. The lowest BCUT2D eigenvalue weighted by atomic mass is 9.86. The summed E-state index contributed by atoms with van der Waals surface area (Å²) >= 11 is 0. The van der Waals surface area contributed by atoms with Crippen LogP contribution in [0.2, 0.25) is 0 Å². The molecule has 2 rings (SSSR count). The molecule has 0 heterocycles.